The maximum absolute atomic E-state index is 13.4. The Labute approximate surface area is 206 Å². The maximum atomic E-state index is 13.4. The van der Waals surface area contributed by atoms with E-state index in [1.54, 1.807) is 49.1 Å². The number of carbonyl (C=O) groups is 2. The van der Waals surface area contributed by atoms with Crippen LogP contribution >= 0.6 is 0 Å². The highest BCUT2D eigenvalue weighted by Crippen LogP contribution is 2.26. The Kier molecular flexibility index (Phi) is 7.21. The quantitative estimate of drug-likeness (QED) is 0.467. The zero-order valence-electron chi connectivity index (χ0n) is 19.8. The lowest BCUT2D eigenvalue weighted by atomic mass is 10.00. The van der Waals surface area contributed by atoms with E-state index in [0.717, 1.165) is 12.0 Å². The number of fused-ring (bicyclic) bond motifs is 1. The van der Waals surface area contributed by atoms with E-state index < -0.39 is 22.6 Å². The molecule has 1 aliphatic heterocycles. The number of rotatable bonds is 7. The predicted molar refractivity (Wildman–Crippen MR) is 134 cm³/mol. The van der Waals surface area contributed by atoms with Crippen LogP contribution in [0.5, 0.6) is 0 Å². The van der Waals surface area contributed by atoms with Crippen LogP contribution in [0.15, 0.2) is 77.7 Å². The molecule has 0 N–H and O–H groups in total. The molecule has 0 spiro atoms. The van der Waals surface area contributed by atoms with E-state index in [1.807, 2.05) is 24.3 Å². The van der Waals surface area contributed by atoms with E-state index in [2.05, 4.69) is 6.07 Å². The average Bonchev–Trinajstić information content (AvgIpc) is 2.87. The van der Waals surface area contributed by atoms with Crippen LogP contribution in [-0.2, 0) is 32.5 Å². The number of hydrogen-bond acceptors (Lipinski definition) is 5. The summed E-state index contributed by atoms with van der Waals surface area (Å²) in [4.78, 5) is 27.1. The summed E-state index contributed by atoms with van der Waals surface area (Å²) in [5, 5.41) is 0. The third-order valence-corrected chi connectivity index (χ3v) is 8.18. The number of amides is 1. The molecule has 35 heavy (non-hydrogen) atoms. The molecule has 7 nitrogen and oxygen atoms in total. The number of nitrogens with zero attached hydrogens (tertiary/aromatic N) is 2. The van der Waals surface area contributed by atoms with E-state index in [9.17, 15) is 18.0 Å². The van der Waals surface area contributed by atoms with Gasteiger partial charge in [0.1, 0.15) is 0 Å². The zero-order valence-corrected chi connectivity index (χ0v) is 20.6. The monoisotopic (exact) mass is 492 g/mol. The van der Waals surface area contributed by atoms with Crippen molar-refractivity contribution in [3.8, 4) is 0 Å². The van der Waals surface area contributed by atoms with Crippen molar-refractivity contribution in [3.63, 3.8) is 0 Å². The van der Waals surface area contributed by atoms with Crippen LogP contribution in [0.2, 0.25) is 0 Å². The molecule has 0 unspecified atom stereocenters. The molecule has 0 atom stereocenters. The predicted octanol–water partition coefficient (Wildman–Crippen LogP) is 3.95. The second kappa shape index (κ2) is 10.3. The lowest BCUT2D eigenvalue weighted by Gasteiger charge is -2.28. The highest BCUT2D eigenvalue weighted by atomic mass is 32.2. The molecule has 0 saturated heterocycles. The first-order chi connectivity index (χ1) is 16.8. The summed E-state index contributed by atoms with van der Waals surface area (Å²) in [5.41, 5.74) is 3.44. The molecule has 182 valence electrons. The number of ether oxygens (including phenoxy) is 1. The van der Waals surface area contributed by atoms with Crippen molar-refractivity contribution in [1.82, 2.24) is 4.90 Å². The van der Waals surface area contributed by atoms with E-state index in [4.69, 9.17) is 4.74 Å². The molecule has 3 aromatic carbocycles. The summed E-state index contributed by atoms with van der Waals surface area (Å²) in [6, 6.07) is 21.2. The van der Waals surface area contributed by atoms with Gasteiger partial charge in [0.15, 0.2) is 6.61 Å². The van der Waals surface area contributed by atoms with E-state index in [0.29, 0.717) is 24.3 Å². The molecule has 0 aromatic heterocycles. The van der Waals surface area contributed by atoms with Gasteiger partial charge in [0.05, 0.1) is 16.1 Å². The van der Waals surface area contributed by atoms with Gasteiger partial charge in [0.2, 0.25) is 0 Å². The minimum Gasteiger partial charge on any atom is -0.452 e. The van der Waals surface area contributed by atoms with Gasteiger partial charge in [0.25, 0.3) is 15.9 Å². The van der Waals surface area contributed by atoms with Gasteiger partial charge < -0.3 is 9.64 Å². The lowest BCUT2D eigenvalue weighted by Crippen LogP contribution is -2.38. The largest absolute Gasteiger partial charge is 0.452 e. The Hall–Kier alpha value is -3.65. The number of carbonyl (C=O) groups excluding carboxylic acids is 2. The molecule has 1 amide bonds. The Balaban J connectivity index is 1.47. The summed E-state index contributed by atoms with van der Waals surface area (Å²) in [5.74, 6) is -1.02. The molecule has 0 fully saturated rings. The van der Waals surface area contributed by atoms with E-state index >= 15 is 0 Å². The van der Waals surface area contributed by atoms with E-state index in [-0.39, 0.29) is 22.9 Å². The summed E-state index contributed by atoms with van der Waals surface area (Å²) < 4.78 is 33.5. The smallest absolute Gasteiger partial charge is 0.338 e. The number of sulfonamides is 1. The van der Waals surface area contributed by atoms with Gasteiger partial charge in [-0.05, 0) is 61.2 Å². The normalized spacial score (nSPS) is 13.1. The molecular weight excluding hydrogens is 464 g/mol. The Bertz CT molecular complexity index is 1340. The average molecular weight is 493 g/mol. The number of benzene rings is 3. The standard InChI is InChI=1S/C27H28N2O5S/c1-3-29(24-11-5-4-6-12-24)35(32,33)25-17-22(14-13-20(25)2)27(31)34-19-26(30)28-16-15-21-9-7-8-10-23(21)18-28/h4-14,17H,3,15-16,18-19H2,1-2H3. The number of hydrogen-bond donors (Lipinski definition) is 0. The van der Waals surface area contributed by atoms with Crippen LogP contribution in [0.25, 0.3) is 0 Å². The van der Waals surface area contributed by atoms with Crippen molar-refractivity contribution in [2.75, 3.05) is 24.0 Å². The molecule has 0 aliphatic carbocycles. The molecule has 4 rings (SSSR count). The highest BCUT2D eigenvalue weighted by Gasteiger charge is 2.27. The molecule has 0 saturated carbocycles. The number of para-hydroxylation sites is 1. The summed E-state index contributed by atoms with van der Waals surface area (Å²) in [6.07, 6.45) is 0.754. The SMILES string of the molecule is CCN(c1ccccc1)S(=O)(=O)c1cc(C(=O)OCC(=O)N2CCc3ccccc3C2)ccc1C. The third kappa shape index (κ3) is 5.22. The number of aryl methyl sites for hydroxylation is 1. The topological polar surface area (TPSA) is 84.0 Å². The van der Waals surface area contributed by atoms with Gasteiger partial charge in [0, 0.05) is 19.6 Å². The van der Waals surface area contributed by atoms with Crippen LogP contribution in [0, 0.1) is 6.92 Å². The van der Waals surface area contributed by atoms with Gasteiger partial charge in [-0.1, -0.05) is 48.5 Å². The summed E-state index contributed by atoms with van der Waals surface area (Å²) >= 11 is 0. The molecule has 0 radical (unpaired) electrons. The summed E-state index contributed by atoms with van der Waals surface area (Å²) in [6.45, 7) is 4.30. The third-order valence-electron chi connectivity index (χ3n) is 6.13. The lowest BCUT2D eigenvalue weighted by molar-refractivity contribution is -0.135. The van der Waals surface area contributed by atoms with Gasteiger partial charge >= 0.3 is 5.97 Å². The van der Waals surface area contributed by atoms with Gasteiger partial charge in [-0.15, -0.1) is 0 Å². The molecule has 3 aromatic rings. The Morgan fingerprint density at radius 1 is 0.971 bits per heavy atom. The van der Waals surface area contributed by atoms with Crippen molar-refractivity contribution < 1.29 is 22.7 Å². The zero-order chi connectivity index (χ0) is 25.0. The minimum absolute atomic E-state index is 0.0246. The van der Waals surface area contributed by atoms with Crippen LogP contribution in [-0.4, -0.2) is 44.9 Å². The molecular formula is C27H28N2O5S. The fourth-order valence-electron chi connectivity index (χ4n) is 4.22. The van der Waals surface area contributed by atoms with Crippen LogP contribution in [0.1, 0.15) is 34.0 Å². The molecule has 1 heterocycles. The van der Waals surface area contributed by atoms with E-state index in [1.165, 1.54) is 22.0 Å². The number of anilines is 1. The summed E-state index contributed by atoms with van der Waals surface area (Å²) in [7, 11) is -3.92. The van der Waals surface area contributed by atoms with Crippen molar-refractivity contribution >= 4 is 27.6 Å². The Morgan fingerprint density at radius 2 is 1.66 bits per heavy atom. The van der Waals surface area contributed by atoms with Crippen LogP contribution < -0.4 is 4.31 Å². The second-order valence-corrected chi connectivity index (χ2v) is 10.2. The minimum atomic E-state index is -3.92. The molecule has 8 heteroatoms. The number of esters is 1. The fraction of sp³-hybridized carbons (Fsp3) is 0.259. The van der Waals surface area contributed by atoms with Crippen molar-refractivity contribution in [2.45, 2.75) is 31.7 Å². The van der Waals surface area contributed by atoms with Crippen molar-refractivity contribution in [1.29, 1.82) is 0 Å². The van der Waals surface area contributed by atoms with Crippen molar-refractivity contribution in [2.24, 2.45) is 0 Å². The maximum Gasteiger partial charge on any atom is 0.338 e. The van der Waals surface area contributed by atoms with Gasteiger partial charge in [-0.2, -0.15) is 0 Å². The van der Waals surface area contributed by atoms with Crippen LogP contribution in [0.3, 0.4) is 0 Å². The molecule has 0 bridgehead atoms. The molecule has 1 aliphatic rings. The van der Waals surface area contributed by atoms with Gasteiger partial charge in [-0.25, -0.2) is 13.2 Å². The van der Waals surface area contributed by atoms with Crippen LogP contribution in [0.4, 0.5) is 5.69 Å². The first kappa shape index (κ1) is 24.5. The highest BCUT2D eigenvalue weighted by molar-refractivity contribution is 7.92. The first-order valence-electron chi connectivity index (χ1n) is 11.5. The van der Waals surface area contributed by atoms with Gasteiger partial charge in [-0.3, -0.25) is 9.10 Å². The van der Waals surface area contributed by atoms with Crippen molar-refractivity contribution in [3.05, 3.63) is 95.1 Å². The fourth-order valence-corrected chi connectivity index (χ4v) is 5.95. The second-order valence-electron chi connectivity index (χ2n) is 8.40. The Morgan fingerprint density at radius 3 is 2.37 bits per heavy atom. The first-order valence-corrected chi connectivity index (χ1v) is 13.0.